The van der Waals surface area contributed by atoms with Crippen molar-refractivity contribution in [2.24, 2.45) is 0 Å². The van der Waals surface area contributed by atoms with Gasteiger partial charge in [0.2, 0.25) is 0 Å². The largest absolute Gasteiger partial charge is 0.369 e. The Bertz CT molecular complexity index is 1170. The molecule has 1 saturated heterocycles. The number of anilines is 2. The molecule has 2 aromatic carbocycles. The maximum atomic E-state index is 15.2. The Morgan fingerprint density at radius 3 is 2.42 bits per heavy atom. The summed E-state index contributed by atoms with van der Waals surface area (Å²) in [5, 5.41) is 0. The van der Waals surface area contributed by atoms with Crippen molar-refractivity contribution < 1.29 is 4.39 Å². The fourth-order valence-corrected chi connectivity index (χ4v) is 5.12. The summed E-state index contributed by atoms with van der Waals surface area (Å²) in [5.41, 5.74) is 9.55. The molecule has 0 N–H and O–H groups in total. The molecule has 3 nitrogen and oxygen atoms in total. The number of unbranched alkanes of at least 4 members (excludes halogenated alkanes) is 5. The first-order valence-electron chi connectivity index (χ1n) is 14.2. The molecule has 2 aliphatic rings. The van der Waals surface area contributed by atoms with Gasteiger partial charge in [-0.05, 0) is 50.1 Å². The van der Waals surface area contributed by atoms with Gasteiger partial charge in [-0.2, -0.15) is 0 Å². The van der Waals surface area contributed by atoms with Crippen LogP contribution in [0, 0.1) is 12.7 Å². The number of hydrogen-bond acceptors (Lipinski definition) is 3. The highest BCUT2D eigenvalue weighted by molar-refractivity contribution is 5.89. The molecular formula is C34H46FN3. The highest BCUT2D eigenvalue weighted by atomic mass is 19.1. The predicted octanol–water partition coefficient (Wildman–Crippen LogP) is 9.16. The van der Waals surface area contributed by atoms with E-state index in [1.807, 2.05) is 36.2 Å². The first-order valence-corrected chi connectivity index (χ1v) is 14.2. The number of benzene rings is 2. The third-order valence-electron chi connectivity index (χ3n) is 7.72. The van der Waals surface area contributed by atoms with Gasteiger partial charge >= 0.3 is 0 Å². The minimum atomic E-state index is -0.243. The third-order valence-corrected chi connectivity index (χ3v) is 7.72. The number of aryl methyl sites for hydroxylation is 1. The smallest absolute Gasteiger partial charge is 0.149 e. The van der Waals surface area contributed by atoms with Gasteiger partial charge in [-0.1, -0.05) is 89.3 Å². The van der Waals surface area contributed by atoms with Crippen LogP contribution in [-0.4, -0.2) is 31.1 Å². The van der Waals surface area contributed by atoms with Gasteiger partial charge in [0.15, 0.2) is 0 Å². The lowest BCUT2D eigenvalue weighted by Crippen LogP contribution is -2.33. The molecule has 0 radical (unpaired) electrons. The molecule has 4 heteroatoms. The molecule has 0 aromatic heterocycles. The molecule has 1 unspecified atom stereocenters. The number of hydrogen-bond donors (Lipinski definition) is 0. The molecule has 0 spiro atoms. The van der Waals surface area contributed by atoms with Gasteiger partial charge in [-0.15, -0.1) is 5.73 Å². The van der Waals surface area contributed by atoms with Crippen molar-refractivity contribution in [2.75, 3.05) is 29.9 Å². The monoisotopic (exact) mass is 515 g/mol. The van der Waals surface area contributed by atoms with Crippen molar-refractivity contribution in [3.05, 3.63) is 89.7 Å². The van der Waals surface area contributed by atoms with Gasteiger partial charge in [-0.3, -0.25) is 0 Å². The van der Waals surface area contributed by atoms with Crippen molar-refractivity contribution in [1.29, 1.82) is 0 Å². The lowest BCUT2D eigenvalue weighted by Gasteiger charge is -2.29. The molecule has 0 saturated carbocycles. The Morgan fingerprint density at radius 2 is 1.79 bits per heavy atom. The first kappa shape index (κ1) is 29.3. The zero-order valence-corrected chi connectivity index (χ0v) is 24.2. The summed E-state index contributed by atoms with van der Waals surface area (Å²) < 4.78 is 15.2. The van der Waals surface area contributed by atoms with E-state index in [1.165, 1.54) is 44.1 Å². The summed E-state index contributed by atoms with van der Waals surface area (Å²) in [4.78, 5) is 6.28. The highest BCUT2D eigenvalue weighted by Crippen LogP contribution is 2.36. The molecular weight excluding hydrogens is 469 g/mol. The summed E-state index contributed by atoms with van der Waals surface area (Å²) >= 11 is 0. The zero-order chi connectivity index (χ0) is 27.7. The van der Waals surface area contributed by atoms with Crippen LogP contribution in [0.25, 0.3) is 11.8 Å². The molecule has 1 fully saturated rings. The van der Waals surface area contributed by atoms with Gasteiger partial charge < -0.3 is 14.7 Å². The van der Waals surface area contributed by atoms with Crippen LogP contribution in [0.3, 0.4) is 0 Å². The summed E-state index contributed by atoms with van der Waals surface area (Å²) in [6, 6.07) is 12.1. The van der Waals surface area contributed by atoms with Crippen LogP contribution >= 0.6 is 0 Å². The van der Waals surface area contributed by atoms with Crippen molar-refractivity contribution >= 4 is 23.1 Å². The number of rotatable bonds is 9. The van der Waals surface area contributed by atoms with Crippen LogP contribution in [-0.2, 0) is 0 Å². The number of likely N-dealkylation sites (N-methyl/N-ethyl adjacent to an activating group) is 1. The molecule has 2 aliphatic heterocycles. The van der Waals surface area contributed by atoms with E-state index in [2.05, 4.69) is 74.7 Å². The van der Waals surface area contributed by atoms with Crippen molar-refractivity contribution in [3.8, 4) is 0 Å². The molecule has 204 valence electrons. The Hall–Kier alpha value is -3.23. The molecule has 4 rings (SSSR count). The topological polar surface area (TPSA) is 9.72 Å². The van der Waals surface area contributed by atoms with E-state index in [1.54, 1.807) is 6.07 Å². The third kappa shape index (κ3) is 7.20. The van der Waals surface area contributed by atoms with E-state index in [4.69, 9.17) is 0 Å². The normalized spacial score (nSPS) is 16.1. The average Bonchev–Trinajstić information content (AvgIpc) is 3.41. The van der Waals surface area contributed by atoms with E-state index in [9.17, 15) is 0 Å². The van der Waals surface area contributed by atoms with Gasteiger partial charge in [0.1, 0.15) is 5.82 Å². The van der Waals surface area contributed by atoms with Crippen molar-refractivity contribution in [2.45, 2.75) is 78.7 Å². The van der Waals surface area contributed by atoms with Crippen molar-refractivity contribution in [3.63, 3.8) is 0 Å². The quantitative estimate of drug-likeness (QED) is 0.243. The summed E-state index contributed by atoms with van der Waals surface area (Å²) in [7, 11) is 2.07. The Morgan fingerprint density at radius 1 is 1.08 bits per heavy atom. The van der Waals surface area contributed by atoms with Crippen LogP contribution in [0.15, 0.2) is 67.2 Å². The molecule has 1 atom stereocenters. The van der Waals surface area contributed by atoms with Crippen LogP contribution in [0.1, 0.15) is 82.4 Å². The Kier molecular flexibility index (Phi) is 10.9. The van der Waals surface area contributed by atoms with Gasteiger partial charge in [0.25, 0.3) is 0 Å². The second-order valence-corrected chi connectivity index (χ2v) is 10.5. The summed E-state index contributed by atoms with van der Waals surface area (Å²) in [6.07, 6.45) is 13.4. The second kappa shape index (κ2) is 14.1. The molecule has 2 aromatic rings. The SMILES string of the molecule is C=C=C(C)N(C)C1CCN(c2ccc(N3C=Cc4cc(C)ccc4C3=C)c(F)c2)C1.CCCCCCCC. The first-order chi connectivity index (χ1) is 18.3. The van der Waals surface area contributed by atoms with E-state index >= 15 is 4.39 Å². The van der Waals surface area contributed by atoms with Gasteiger partial charge in [-0.25, -0.2) is 4.39 Å². The number of nitrogens with zero attached hydrogens (tertiary/aromatic N) is 3. The molecule has 38 heavy (non-hydrogen) atoms. The Balaban J connectivity index is 0.000000436. The second-order valence-electron chi connectivity index (χ2n) is 10.5. The number of fused-ring (bicyclic) bond motifs is 1. The van der Waals surface area contributed by atoms with Crippen LogP contribution in [0.2, 0.25) is 0 Å². The maximum absolute atomic E-state index is 15.2. The minimum absolute atomic E-state index is 0.243. The van der Waals surface area contributed by atoms with Gasteiger partial charge in [0, 0.05) is 49.3 Å². The van der Waals surface area contributed by atoms with E-state index in [0.717, 1.165) is 47.7 Å². The standard InChI is InChI=1S/C26H28FN3.C8H18/c1-6-19(3)28(5)23-12-13-29(17-23)22-8-10-26(25(27)16-22)30-14-11-21-15-18(2)7-9-24(21)20(30)4;1-3-5-7-8-6-4-2/h7-11,14-16,23H,1,4,12-13,17H2,2-3,5H3;3-8H2,1-2H3. The fourth-order valence-electron chi connectivity index (χ4n) is 5.12. The molecule has 0 bridgehead atoms. The number of allylic oxidation sites excluding steroid dienone is 1. The number of halogens is 1. The van der Waals surface area contributed by atoms with Crippen LogP contribution < -0.4 is 9.80 Å². The molecule has 0 aliphatic carbocycles. The van der Waals surface area contributed by atoms with E-state index < -0.39 is 0 Å². The Labute approximate surface area is 230 Å². The van der Waals surface area contributed by atoms with Gasteiger partial charge in [0.05, 0.1) is 11.4 Å². The van der Waals surface area contributed by atoms with Crippen molar-refractivity contribution in [1.82, 2.24) is 4.90 Å². The molecule has 0 amide bonds. The summed E-state index contributed by atoms with van der Waals surface area (Å²) in [6.45, 7) is 18.3. The average molecular weight is 516 g/mol. The zero-order valence-electron chi connectivity index (χ0n) is 24.2. The predicted molar refractivity (Wildman–Crippen MR) is 164 cm³/mol. The van der Waals surface area contributed by atoms with Crippen LogP contribution in [0.5, 0.6) is 0 Å². The lowest BCUT2D eigenvalue weighted by atomic mass is 9.98. The summed E-state index contributed by atoms with van der Waals surface area (Å²) in [5.74, 6) is -0.243. The lowest BCUT2D eigenvalue weighted by molar-refractivity contribution is 0.326. The maximum Gasteiger partial charge on any atom is 0.149 e. The van der Waals surface area contributed by atoms with E-state index in [0.29, 0.717) is 11.7 Å². The highest BCUT2D eigenvalue weighted by Gasteiger charge is 2.27. The molecule has 2 heterocycles. The van der Waals surface area contributed by atoms with Crippen LogP contribution in [0.4, 0.5) is 15.8 Å². The van der Waals surface area contributed by atoms with E-state index in [-0.39, 0.29) is 5.82 Å². The minimum Gasteiger partial charge on any atom is -0.369 e. The fraction of sp³-hybridized carbons (Fsp3) is 0.441.